The van der Waals surface area contributed by atoms with Gasteiger partial charge in [0.25, 0.3) is 5.19 Å². The fourth-order valence-corrected chi connectivity index (χ4v) is 2.78. The molecule has 1 aliphatic rings. The molecule has 1 fully saturated rings. The molecule has 78 valence electrons. The number of rotatable bonds is 3. The van der Waals surface area contributed by atoms with Crippen LogP contribution in [0.4, 0.5) is 0 Å². The van der Waals surface area contributed by atoms with Crippen LogP contribution < -0.4 is 10.5 Å². The maximum Gasteiger partial charge on any atom is 0.273 e. The Labute approximate surface area is 88.3 Å². The maximum atomic E-state index is 6.02. The first-order valence-corrected chi connectivity index (χ1v) is 6.03. The minimum atomic E-state index is 0.298. The molecule has 0 aromatic carbocycles. The van der Waals surface area contributed by atoms with Gasteiger partial charge in [0, 0.05) is 17.3 Å². The Morgan fingerprint density at radius 1 is 1.64 bits per heavy atom. The van der Waals surface area contributed by atoms with E-state index in [4.69, 9.17) is 10.5 Å². The molecule has 2 rings (SSSR count). The first-order chi connectivity index (χ1) is 6.81. The predicted molar refractivity (Wildman–Crippen MR) is 57.9 cm³/mol. The summed E-state index contributed by atoms with van der Waals surface area (Å²) < 4.78 is 5.35. The highest BCUT2D eigenvalue weighted by Crippen LogP contribution is 2.35. The molecule has 1 aromatic heterocycles. The zero-order chi connectivity index (χ0) is 9.97. The maximum absolute atomic E-state index is 6.02. The fraction of sp³-hybridized carbons (Fsp3) is 0.700. The number of aromatic nitrogens is 1. The number of ether oxygens (including phenoxy) is 1. The minimum Gasteiger partial charge on any atom is -0.470 e. The van der Waals surface area contributed by atoms with Gasteiger partial charge in [0.2, 0.25) is 0 Å². The molecule has 0 aliphatic heterocycles. The van der Waals surface area contributed by atoms with Crippen molar-refractivity contribution in [3.05, 3.63) is 11.1 Å². The Kier molecular flexibility index (Phi) is 3.03. The molecule has 0 amide bonds. The number of nitrogens with zero attached hydrogens (tertiary/aromatic N) is 1. The highest BCUT2D eigenvalue weighted by Gasteiger charge is 2.27. The van der Waals surface area contributed by atoms with Crippen LogP contribution in [0.25, 0.3) is 0 Å². The average Bonchev–Trinajstić information content (AvgIpc) is 2.74. The van der Waals surface area contributed by atoms with E-state index >= 15 is 0 Å². The second-order valence-electron chi connectivity index (χ2n) is 3.67. The number of nitrogens with two attached hydrogens (primary N) is 1. The molecule has 2 N–H and O–H groups in total. The van der Waals surface area contributed by atoms with Crippen molar-refractivity contribution in [3.8, 4) is 5.19 Å². The minimum absolute atomic E-state index is 0.298. The van der Waals surface area contributed by atoms with Gasteiger partial charge >= 0.3 is 0 Å². The number of thiazole rings is 1. The van der Waals surface area contributed by atoms with Gasteiger partial charge in [-0.25, -0.2) is 4.98 Å². The molecule has 2 unspecified atom stereocenters. The van der Waals surface area contributed by atoms with Crippen LogP contribution in [-0.4, -0.2) is 17.6 Å². The lowest BCUT2D eigenvalue weighted by molar-refractivity contribution is 0.336. The molecule has 1 heterocycles. The van der Waals surface area contributed by atoms with Crippen LogP contribution in [0.15, 0.2) is 5.38 Å². The van der Waals surface area contributed by atoms with E-state index in [0.29, 0.717) is 18.6 Å². The van der Waals surface area contributed by atoms with Gasteiger partial charge in [0.15, 0.2) is 0 Å². The molecule has 1 aliphatic carbocycles. The van der Waals surface area contributed by atoms with Crippen LogP contribution in [0.3, 0.4) is 0 Å². The van der Waals surface area contributed by atoms with Crippen molar-refractivity contribution in [1.29, 1.82) is 0 Å². The van der Waals surface area contributed by atoms with Crippen molar-refractivity contribution in [2.75, 3.05) is 6.61 Å². The number of hydrogen-bond donors (Lipinski definition) is 1. The highest BCUT2D eigenvalue weighted by molar-refractivity contribution is 7.11. The van der Waals surface area contributed by atoms with Crippen molar-refractivity contribution in [2.45, 2.75) is 38.1 Å². The van der Waals surface area contributed by atoms with E-state index in [0.717, 1.165) is 17.3 Å². The molecule has 0 spiro atoms. The standard InChI is InChI=1S/C10H16N2OS/c1-2-13-10-12-9(6-14-10)7-4-3-5-8(7)11/h6-8H,2-5,11H2,1H3. The van der Waals surface area contributed by atoms with E-state index in [1.54, 1.807) is 11.3 Å². The molecule has 1 saturated carbocycles. The normalized spacial score (nSPS) is 26.7. The lowest BCUT2D eigenvalue weighted by atomic mass is 10.0. The van der Waals surface area contributed by atoms with Crippen LogP contribution >= 0.6 is 11.3 Å². The van der Waals surface area contributed by atoms with Gasteiger partial charge in [-0.15, -0.1) is 0 Å². The SMILES string of the molecule is CCOc1nc(C2CCCC2N)cs1. The lowest BCUT2D eigenvalue weighted by Gasteiger charge is -2.11. The molecule has 14 heavy (non-hydrogen) atoms. The molecule has 2 atom stereocenters. The smallest absolute Gasteiger partial charge is 0.273 e. The van der Waals surface area contributed by atoms with Crippen LogP contribution in [0.2, 0.25) is 0 Å². The van der Waals surface area contributed by atoms with Gasteiger partial charge in [-0.05, 0) is 19.8 Å². The van der Waals surface area contributed by atoms with E-state index in [9.17, 15) is 0 Å². The molecular formula is C10H16N2OS. The van der Waals surface area contributed by atoms with Crippen molar-refractivity contribution in [1.82, 2.24) is 4.98 Å². The first-order valence-electron chi connectivity index (χ1n) is 5.15. The van der Waals surface area contributed by atoms with Gasteiger partial charge in [0.05, 0.1) is 12.3 Å². The van der Waals surface area contributed by atoms with Crippen molar-refractivity contribution in [2.24, 2.45) is 5.73 Å². The van der Waals surface area contributed by atoms with Crippen LogP contribution in [-0.2, 0) is 0 Å². The zero-order valence-electron chi connectivity index (χ0n) is 8.40. The third-order valence-electron chi connectivity index (χ3n) is 2.72. The second kappa shape index (κ2) is 4.28. The van der Waals surface area contributed by atoms with Gasteiger partial charge in [-0.2, -0.15) is 0 Å². The molecule has 0 radical (unpaired) electrons. The summed E-state index contributed by atoms with van der Waals surface area (Å²) in [7, 11) is 0. The molecule has 4 heteroatoms. The summed E-state index contributed by atoms with van der Waals surface area (Å²) in [5, 5.41) is 2.86. The summed E-state index contributed by atoms with van der Waals surface area (Å²) in [6.07, 6.45) is 3.54. The van der Waals surface area contributed by atoms with Crippen molar-refractivity contribution in [3.63, 3.8) is 0 Å². The van der Waals surface area contributed by atoms with Gasteiger partial charge in [0.1, 0.15) is 0 Å². The molecule has 3 nitrogen and oxygen atoms in total. The Hall–Kier alpha value is -0.610. The van der Waals surface area contributed by atoms with E-state index in [2.05, 4.69) is 10.4 Å². The predicted octanol–water partition coefficient (Wildman–Crippen LogP) is 2.14. The van der Waals surface area contributed by atoms with Crippen LogP contribution in [0.1, 0.15) is 37.8 Å². The summed E-state index contributed by atoms with van der Waals surface area (Å²) in [6.45, 7) is 2.66. The van der Waals surface area contributed by atoms with E-state index in [-0.39, 0.29) is 0 Å². The van der Waals surface area contributed by atoms with Crippen LogP contribution in [0.5, 0.6) is 5.19 Å². The molecule has 0 saturated heterocycles. The van der Waals surface area contributed by atoms with Crippen molar-refractivity contribution < 1.29 is 4.74 Å². The summed E-state index contributed by atoms with van der Waals surface area (Å²) in [5.41, 5.74) is 7.15. The first kappa shape index (κ1) is 9.93. The summed E-state index contributed by atoms with van der Waals surface area (Å²) >= 11 is 1.57. The van der Waals surface area contributed by atoms with Crippen LogP contribution in [0, 0.1) is 0 Å². The number of hydrogen-bond acceptors (Lipinski definition) is 4. The molecule has 1 aromatic rings. The summed E-state index contributed by atoms with van der Waals surface area (Å²) in [5.74, 6) is 0.459. The zero-order valence-corrected chi connectivity index (χ0v) is 9.22. The average molecular weight is 212 g/mol. The monoisotopic (exact) mass is 212 g/mol. The second-order valence-corrected chi connectivity index (χ2v) is 4.49. The van der Waals surface area contributed by atoms with E-state index in [1.807, 2.05) is 6.92 Å². The Morgan fingerprint density at radius 2 is 2.50 bits per heavy atom. The largest absolute Gasteiger partial charge is 0.470 e. The van der Waals surface area contributed by atoms with E-state index in [1.165, 1.54) is 12.8 Å². The summed E-state index contributed by atoms with van der Waals surface area (Å²) in [4.78, 5) is 4.45. The van der Waals surface area contributed by atoms with Crippen molar-refractivity contribution >= 4 is 11.3 Å². The third kappa shape index (κ3) is 1.91. The van der Waals surface area contributed by atoms with E-state index < -0.39 is 0 Å². The van der Waals surface area contributed by atoms with Gasteiger partial charge in [-0.1, -0.05) is 17.8 Å². The highest BCUT2D eigenvalue weighted by atomic mass is 32.1. The Bertz CT molecular complexity index is 300. The molecular weight excluding hydrogens is 196 g/mol. The fourth-order valence-electron chi connectivity index (χ4n) is 1.98. The lowest BCUT2D eigenvalue weighted by Crippen LogP contribution is -2.22. The Balaban J connectivity index is 2.08. The topological polar surface area (TPSA) is 48.1 Å². The third-order valence-corrected chi connectivity index (χ3v) is 3.49. The van der Waals surface area contributed by atoms with Gasteiger partial charge in [-0.3, -0.25) is 0 Å². The summed E-state index contributed by atoms with van der Waals surface area (Å²) in [6, 6.07) is 0.298. The Morgan fingerprint density at radius 3 is 3.14 bits per heavy atom. The quantitative estimate of drug-likeness (QED) is 0.835. The van der Waals surface area contributed by atoms with Gasteiger partial charge < -0.3 is 10.5 Å². The molecule has 0 bridgehead atoms.